The third-order valence-corrected chi connectivity index (χ3v) is 8.08. The number of nitrogens with two attached hydrogens (primary N) is 1. The summed E-state index contributed by atoms with van der Waals surface area (Å²) in [7, 11) is -3.83. The molecule has 156 valence electrons. The van der Waals surface area contributed by atoms with Crippen molar-refractivity contribution < 1.29 is 13.2 Å². The quantitative estimate of drug-likeness (QED) is 0.434. The average molecular weight is 463 g/mol. The largest absolute Gasteiger partial charge is 0.383 e. The zero-order valence-electron chi connectivity index (χ0n) is 15.8. The number of hydrogen-bond donors (Lipinski definition) is 2. The van der Waals surface area contributed by atoms with Crippen LogP contribution in [0.3, 0.4) is 0 Å². The smallest absolute Gasteiger partial charge is 0.250 e. The summed E-state index contributed by atoms with van der Waals surface area (Å²) >= 11 is 7.10. The van der Waals surface area contributed by atoms with Crippen molar-refractivity contribution in [3.8, 4) is 0 Å². The molecular weight excluding hydrogens is 444 g/mol. The molecule has 0 radical (unpaired) electrons. The predicted octanol–water partition coefficient (Wildman–Crippen LogP) is 2.80. The number of halogens is 1. The van der Waals surface area contributed by atoms with Crippen LogP contribution in [0.4, 0.5) is 0 Å². The second-order valence-electron chi connectivity index (χ2n) is 6.86. The lowest BCUT2D eigenvalue weighted by Gasteiger charge is -2.15. The van der Waals surface area contributed by atoms with Crippen LogP contribution < -0.4 is 10.5 Å². The minimum Gasteiger partial charge on any atom is -0.383 e. The van der Waals surface area contributed by atoms with E-state index in [9.17, 15) is 13.2 Å². The standard InChI is InChI=1S/C20H19ClN4O3S2/c21-15-7-6-14-10-18(29-17(14)11-15)30(27,28)24-16-8-9-25(20(16)26)12-23-19(22)13-4-2-1-3-5-13/h1-7,10-11,16,24H,8-9,12H2,(H2,22,23)/t16-/m0/s1. The van der Waals surface area contributed by atoms with Crippen LogP contribution in [-0.2, 0) is 14.8 Å². The van der Waals surface area contributed by atoms with E-state index in [0.717, 1.165) is 27.0 Å². The summed E-state index contributed by atoms with van der Waals surface area (Å²) in [6.07, 6.45) is 0.371. The number of thiophene rings is 1. The number of hydrogen-bond acceptors (Lipinski definition) is 5. The van der Waals surface area contributed by atoms with Gasteiger partial charge in [0.25, 0.3) is 10.0 Å². The van der Waals surface area contributed by atoms with Gasteiger partial charge in [-0.2, -0.15) is 4.72 Å². The molecule has 1 aromatic heterocycles. The van der Waals surface area contributed by atoms with E-state index in [0.29, 0.717) is 23.8 Å². The number of carbonyl (C=O) groups is 1. The third kappa shape index (κ3) is 4.34. The van der Waals surface area contributed by atoms with Gasteiger partial charge in [0.05, 0.1) is 0 Å². The number of amidine groups is 1. The van der Waals surface area contributed by atoms with Crippen LogP contribution in [0.2, 0.25) is 5.02 Å². The van der Waals surface area contributed by atoms with Gasteiger partial charge in [-0.1, -0.05) is 48.0 Å². The van der Waals surface area contributed by atoms with E-state index in [1.807, 2.05) is 30.3 Å². The molecular formula is C20H19ClN4O3S2. The van der Waals surface area contributed by atoms with Crippen molar-refractivity contribution in [2.75, 3.05) is 13.2 Å². The summed E-state index contributed by atoms with van der Waals surface area (Å²) < 4.78 is 29.0. The molecule has 1 aliphatic rings. The van der Waals surface area contributed by atoms with Gasteiger partial charge < -0.3 is 10.6 Å². The first-order valence-corrected chi connectivity index (χ1v) is 11.9. The third-order valence-electron chi connectivity index (χ3n) is 4.80. The highest BCUT2D eigenvalue weighted by molar-refractivity contribution is 7.91. The van der Waals surface area contributed by atoms with Crippen molar-refractivity contribution in [2.45, 2.75) is 16.7 Å². The van der Waals surface area contributed by atoms with Gasteiger partial charge in [0.15, 0.2) is 0 Å². The molecule has 1 aliphatic heterocycles. The summed E-state index contributed by atoms with van der Waals surface area (Å²) in [6, 6.07) is 15.2. The van der Waals surface area contributed by atoms with Crippen LogP contribution in [0.15, 0.2) is 63.8 Å². The molecule has 10 heteroatoms. The Morgan fingerprint density at radius 1 is 1.23 bits per heavy atom. The zero-order valence-corrected chi connectivity index (χ0v) is 18.2. The molecule has 0 saturated carbocycles. The van der Waals surface area contributed by atoms with Crippen LogP contribution in [0.5, 0.6) is 0 Å². The van der Waals surface area contributed by atoms with Crippen molar-refractivity contribution >= 4 is 54.8 Å². The molecule has 0 spiro atoms. The number of aliphatic imine (C=N–C) groups is 1. The van der Waals surface area contributed by atoms with E-state index in [4.69, 9.17) is 17.3 Å². The Hall–Kier alpha value is -2.46. The van der Waals surface area contributed by atoms with Crippen LogP contribution >= 0.6 is 22.9 Å². The first-order chi connectivity index (χ1) is 14.3. The van der Waals surface area contributed by atoms with Gasteiger partial charge in [-0.25, -0.2) is 13.4 Å². The second kappa shape index (κ2) is 8.35. The first-order valence-electron chi connectivity index (χ1n) is 9.19. The normalized spacial score (nSPS) is 17.8. The monoisotopic (exact) mass is 462 g/mol. The summed E-state index contributed by atoms with van der Waals surface area (Å²) in [6.45, 7) is 0.485. The fourth-order valence-corrected chi connectivity index (χ4v) is 6.12. The number of amides is 1. The van der Waals surface area contributed by atoms with Crippen molar-refractivity contribution in [3.05, 3.63) is 65.2 Å². The number of rotatable bonds is 6. The average Bonchev–Trinajstić information content (AvgIpc) is 3.31. The summed E-state index contributed by atoms with van der Waals surface area (Å²) in [5.41, 5.74) is 6.74. The molecule has 0 unspecified atom stereocenters. The highest BCUT2D eigenvalue weighted by Crippen LogP contribution is 2.31. The van der Waals surface area contributed by atoms with Crippen molar-refractivity contribution in [3.63, 3.8) is 0 Å². The lowest BCUT2D eigenvalue weighted by atomic mass is 10.2. The van der Waals surface area contributed by atoms with E-state index in [1.54, 1.807) is 24.3 Å². The molecule has 1 atom stereocenters. The molecule has 1 fully saturated rings. The van der Waals surface area contributed by atoms with Crippen LogP contribution in [0, 0.1) is 0 Å². The molecule has 7 nitrogen and oxygen atoms in total. The lowest BCUT2D eigenvalue weighted by molar-refractivity contribution is -0.128. The van der Waals surface area contributed by atoms with Gasteiger partial charge in [-0.05, 0) is 30.0 Å². The molecule has 0 bridgehead atoms. The summed E-state index contributed by atoms with van der Waals surface area (Å²) in [5, 5.41) is 1.33. The van der Waals surface area contributed by atoms with Gasteiger partial charge in [-0.3, -0.25) is 4.79 Å². The van der Waals surface area contributed by atoms with Gasteiger partial charge in [-0.15, -0.1) is 11.3 Å². The van der Waals surface area contributed by atoms with E-state index in [-0.39, 0.29) is 16.8 Å². The maximum absolute atomic E-state index is 12.8. The van der Waals surface area contributed by atoms with E-state index >= 15 is 0 Å². The number of carbonyl (C=O) groups excluding carboxylic acids is 1. The number of likely N-dealkylation sites (tertiary alicyclic amines) is 1. The number of fused-ring (bicyclic) bond motifs is 1. The maximum Gasteiger partial charge on any atom is 0.250 e. The van der Waals surface area contributed by atoms with Gasteiger partial charge in [0, 0.05) is 21.8 Å². The Morgan fingerprint density at radius 2 is 2.00 bits per heavy atom. The van der Waals surface area contributed by atoms with Crippen molar-refractivity contribution in [1.29, 1.82) is 0 Å². The Labute approximate surface area is 183 Å². The molecule has 3 aromatic rings. The summed E-state index contributed by atoms with van der Waals surface area (Å²) in [5.74, 6) is 0.0173. The Bertz CT molecular complexity index is 1230. The van der Waals surface area contributed by atoms with Gasteiger partial charge in [0.2, 0.25) is 5.91 Å². The first kappa shape index (κ1) is 20.8. The van der Waals surface area contributed by atoms with Crippen LogP contribution in [-0.4, -0.2) is 44.3 Å². The molecule has 3 N–H and O–H groups in total. The van der Waals surface area contributed by atoms with Gasteiger partial charge >= 0.3 is 0 Å². The fourth-order valence-electron chi connectivity index (χ4n) is 3.21. The predicted molar refractivity (Wildman–Crippen MR) is 119 cm³/mol. The Balaban J connectivity index is 1.44. The number of nitrogens with zero attached hydrogens (tertiary/aromatic N) is 2. The minimum atomic E-state index is -3.83. The number of sulfonamides is 1. The van der Waals surface area contributed by atoms with Crippen molar-refractivity contribution in [1.82, 2.24) is 9.62 Å². The Kier molecular flexibility index (Phi) is 5.79. The minimum absolute atomic E-state index is 0.0825. The zero-order chi connectivity index (χ0) is 21.3. The molecule has 4 rings (SSSR count). The number of benzene rings is 2. The summed E-state index contributed by atoms with van der Waals surface area (Å²) in [4.78, 5) is 18.4. The molecule has 2 heterocycles. The topological polar surface area (TPSA) is 105 Å². The molecule has 30 heavy (non-hydrogen) atoms. The van der Waals surface area contributed by atoms with Crippen LogP contribution in [0.25, 0.3) is 10.1 Å². The fraction of sp³-hybridized carbons (Fsp3) is 0.200. The van der Waals surface area contributed by atoms with Crippen molar-refractivity contribution in [2.24, 2.45) is 10.7 Å². The molecule has 0 aliphatic carbocycles. The van der Waals surface area contributed by atoms with E-state index in [1.165, 1.54) is 4.90 Å². The number of nitrogens with one attached hydrogen (secondary N) is 1. The van der Waals surface area contributed by atoms with Crippen LogP contribution in [0.1, 0.15) is 12.0 Å². The lowest BCUT2D eigenvalue weighted by Crippen LogP contribution is -2.41. The highest BCUT2D eigenvalue weighted by Gasteiger charge is 2.35. The molecule has 1 saturated heterocycles. The second-order valence-corrected chi connectivity index (χ2v) is 10.3. The van der Waals surface area contributed by atoms with E-state index in [2.05, 4.69) is 9.71 Å². The SMILES string of the molecule is NC(=NCN1CC[C@H](NS(=O)(=O)c2cc3ccc(Cl)cc3s2)C1=O)c1ccccc1. The molecule has 2 aromatic carbocycles. The Morgan fingerprint density at radius 3 is 2.77 bits per heavy atom. The maximum atomic E-state index is 12.8. The highest BCUT2D eigenvalue weighted by atomic mass is 35.5. The van der Waals surface area contributed by atoms with E-state index < -0.39 is 16.1 Å². The molecule has 1 amide bonds. The van der Waals surface area contributed by atoms with Gasteiger partial charge in [0.1, 0.15) is 22.8 Å².